The van der Waals surface area contributed by atoms with Crippen molar-refractivity contribution < 1.29 is 18.9 Å². The molecule has 3 aliphatic carbocycles. The number of hydrogen-bond donors (Lipinski definition) is 0. The van der Waals surface area contributed by atoms with Gasteiger partial charge < -0.3 is 18.9 Å². The van der Waals surface area contributed by atoms with Crippen LogP contribution in [0.15, 0.2) is 158 Å². The molecule has 0 atom stereocenters. The molecule has 0 spiro atoms. The van der Waals surface area contributed by atoms with E-state index in [9.17, 15) is 0 Å². The molecule has 78 heavy (non-hydrogen) atoms. The molecule has 0 unspecified atom stereocenters. The van der Waals surface area contributed by atoms with Gasteiger partial charge in [-0.3, -0.25) is 0 Å². The molecular weight excluding hydrogens is 953 g/mol. The first kappa shape index (κ1) is 83.6. The Balaban J connectivity index is -0.000000189. The molecule has 6 aromatic rings. The predicted octanol–water partition coefficient (Wildman–Crippen LogP) is 23.3. The Hall–Kier alpha value is -5.74. The van der Waals surface area contributed by atoms with Crippen molar-refractivity contribution in [1.29, 1.82) is 0 Å². The van der Waals surface area contributed by atoms with Gasteiger partial charge in [-0.15, -0.1) is 0 Å². The van der Waals surface area contributed by atoms with Gasteiger partial charge in [0.25, 0.3) is 0 Å². The Morgan fingerprint density at radius 1 is 0.244 bits per heavy atom. The van der Waals surface area contributed by atoms with Gasteiger partial charge in [0.1, 0.15) is 24.7 Å². The third-order valence-electron chi connectivity index (χ3n) is 11.7. The summed E-state index contributed by atoms with van der Waals surface area (Å²) in [7, 11) is 0. The van der Waals surface area contributed by atoms with Crippen LogP contribution in [-0.4, -0.2) is 19.8 Å². The molecule has 0 saturated heterocycles. The van der Waals surface area contributed by atoms with E-state index in [0.29, 0.717) is 13.2 Å². The number of hydrogen-bond acceptors (Lipinski definition) is 4. The van der Waals surface area contributed by atoms with Crippen LogP contribution in [0.25, 0.3) is 0 Å². The summed E-state index contributed by atoms with van der Waals surface area (Å²) in [5.41, 5.74) is 12.1. The second-order valence-corrected chi connectivity index (χ2v) is 15.9. The molecule has 4 heteroatoms. The fourth-order valence-electron chi connectivity index (χ4n) is 8.42. The monoisotopic (exact) mass is 1070 g/mol. The Bertz CT molecular complexity index is 1950. The van der Waals surface area contributed by atoms with Crippen LogP contribution >= 0.6 is 0 Å². The maximum absolute atomic E-state index is 5.42. The molecule has 0 amide bonds. The summed E-state index contributed by atoms with van der Waals surface area (Å²) < 4.78 is 21.3. The van der Waals surface area contributed by atoms with Gasteiger partial charge in [0.05, 0.1) is 12.9 Å². The highest BCUT2D eigenvalue weighted by Gasteiger charge is 2.10. The zero-order valence-electron chi connectivity index (χ0n) is 47.4. The zero-order valence-corrected chi connectivity index (χ0v) is 47.4. The molecule has 0 aromatic heterocycles. The summed E-state index contributed by atoms with van der Waals surface area (Å²) in [5, 5.41) is 0. The van der Waals surface area contributed by atoms with Crippen LogP contribution in [0.4, 0.5) is 0 Å². The van der Waals surface area contributed by atoms with Crippen molar-refractivity contribution in [1.82, 2.24) is 0 Å². The molecule has 3 heterocycles. The molecular formula is C74H122O4. The number of rotatable bonds is 0. The molecule has 442 valence electrons. The van der Waals surface area contributed by atoms with E-state index in [4.69, 9.17) is 18.9 Å². The van der Waals surface area contributed by atoms with E-state index in [2.05, 4.69) is 91.0 Å². The lowest BCUT2D eigenvalue weighted by Gasteiger charge is -2.17. The molecule has 0 radical (unpaired) electrons. The van der Waals surface area contributed by atoms with E-state index in [-0.39, 0.29) is 44.6 Å². The fourth-order valence-corrected chi connectivity index (χ4v) is 8.42. The van der Waals surface area contributed by atoms with Crippen molar-refractivity contribution in [3.63, 3.8) is 0 Å². The average molecular weight is 1080 g/mol. The molecule has 0 bridgehead atoms. The molecule has 4 nitrogen and oxygen atoms in total. The summed E-state index contributed by atoms with van der Waals surface area (Å²) in [6, 6.07) is 50.4. The lowest BCUT2D eigenvalue weighted by atomic mass is 9.92. The van der Waals surface area contributed by atoms with Gasteiger partial charge in [0.15, 0.2) is 11.5 Å². The van der Waals surface area contributed by atoms with Crippen molar-refractivity contribution in [2.75, 3.05) is 19.8 Å². The van der Waals surface area contributed by atoms with Gasteiger partial charge >= 0.3 is 0 Å². The molecule has 3 aliphatic heterocycles. The van der Waals surface area contributed by atoms with Gasteiger partial charge in [-0.1, -0.05) is 255 Å². The second kappa shape index (κ2) is 57.4. The molecule has 12 rings (SSSR count). The number of fused-ring (bicyclic) bond motifs is 6. The van der Waals surface area contributed by atoms with E-state index >= 15 is 0 Å². The van der Waals surface area contributed by atoms with Crippen molar-refractivity contribution >= 4 is 0 Å². The van der Waals surface area contributed by atoms with E-state index in [0.717, 1.165) is 42.4 Å². The first-order valence-electron chi connectivity index (χ1n) is 28.5. The topological polar surface area (TPSA) is 36.9 Å². The highest BCUT2D eigenvalue weighted by Crippen LogP contribution is 2.29. The fraction of sp³-hybridized carbons (Fsp3) is 0.486. The maximum atomic E-state index is 5.42. The largest absolute Gasteiger partial charge is 0.493 e. The van der Waals surface area contributed by atoms with Gasteiger partial charge in [0.2, 0.25) is 0 Å². The van der Waals surface area contributed by atoms with Gasteiger partial charge in [-0.05, 0) is 165 Å². The summed E-state index contributed by atoms with van der Waals surface area (Å²) >= 11 is 0. The summed E-state index contributed by atoms with van der Waals surface area (Å²) in [4.78, 5) is 0. The summed E-state index contributed by atoms with van der Waals surface area (Å²) in [5.74, 6) is 3.78. The number of para-hydroxylation sites is 4. The Morgan fingerprint density at radius 2 is 0.513 bits per heavy atom. The van der Waals surface area contributed by atoms with Crippen molar-refractivity contribution in [3.05, 3.63) is 202 Å². The number of aryl methyl sites for hydroxylation is 7. The molecule has 0 N–H and O–H groups in total. The summed E-state index contributed by atoms with van der Waals surface area (Å²) in [6.45, 7) is 26.2. The lowest BCUT2D eigenvalue weighted by Crippen LogP contribution is -2.14. The van der Waals surface area contributed by atoms with Crippen LogP contribution in [-0.2, 0) is 51.4 Å². The first-order valence-corrected chi connectivity index (χ1v) is 28.5. The van der Waals surface area contributed by atoms with Crippen LogP contribution in [0.5, 0.6) is 23.0 Å². The molecule has 6 aliphatic rings. The standard InChI is InChI=1S/C11H14.C10H12.C9H10O.C9H8O.C9H10.C8H8O2.6C2H6.6CH4/c1-2-6-10-8-4-5-9-11(10)7-3-1;1-2-6-10-8-4-3-7-9(10)5-1;2*1-2-6-9-8(4-1)5-3-7-10-9;1-2-5-9-7-3-6-8(9)4-1;1-2-4-8-7(3-1)9-5-6-10-8;6*1-2;;;;;;/h4-5,8-9H,1-3,6-7H2;1-2,5-6H,3-4,7-8H2;1-2,4,6H,3,5,7H2;1-4,6-7H,5H2;1-2,4-5H,3,6-7H2;1-4H,5-6H2;6*1-2H3;6*1H4. The number of allylic oxidation sites excluding steroid dienone is 1. The van der Waals surface area contributed by atoms with Crippen molar-refractivity contribution in [2.24, 2.45) is 0 Å². The van der Waals surface area contributed by atoms with Gasteiger partial charge in [0, 0.05) is 0 Å². The van der Waals surface area contributed by atoms with E-state index in [1.807, 2.05) is 144 Å². The quantitative estimate of drug-likeness (QED) is 0.142. The van der Waals surface area contributed by atoms with Crippen LogP contribution in [0, 0.1) is 0 Å². The minimum atomic E-state index is 0. The minimum Gasteiger partial charge on any atom is -0.493 e. The van der Waals surface area contributed by atoms with E-state index < -0.39 is 0 Å². The van der Waals surface area contributed by atoms with Gasteiger partial charge in [-0.2, -0.15) is 0 Å². The third kappa shape index (κ3) is 32.2. The predicted molar refractivity (Wildman–Crippen MR) is 355 cm³/mol. The van der Waals surface area contributed by atoms with E-state index in [1.165, 1.54) is 94.6 Å². The first-order chi connectivity index (χ1) is 35.8. The number of ether oxygens (including phenoxy) is 4. The lowest BCUT2D eigenvalue weighted by molar-refractivity contribution is 0.171. The van der Waals surface area contributed by atoms with E-state index in [1.54, 1.807) is 39.6 Å². The summed E-state index contributed by atoms with van der Waals surface area (Å²) in [6.07, 6.45) is 23.2. The minimum absolute atomic E-state index is 0. The van der Waals surface area contributed by atoms with Crippen LogP contribution in [0.3, 0.4) is 0 Å². The number of benzene rings is 6. The third-order valence-corrected chi connectivity index (χ3v) is 11.7. The highest BCUT2D eigenvalue weighted by atomic mass is 16.6. The van der Waals surface area contributed by atoms with Crippen molar-refractivity contribution in [2.45, 2.75) is 224 Å². The second-order valence-electron chi connectivity index (χ2n) is 15.9. The highest BCUT2D eigenvalue weighted by molar-refractivity contribution is 5.40. The molecule has 0 fully saturated rings. The van der Waals surface area contributed by atoms with Gasteiger partial charge in [-0.25, -0.2) is 0 Å². The smallest absolute Gasteiger partial charge is 0.161 e. The van der Waals surface area contributed by atoms with Crippen LogP contribution in [0.1, 0.15) is 217 Å². The zero-order chi connectivity index (χ0) is 52.9. The van der Waals surface area contributed by atoms with Crippen LogP contribution < -0.4 is 18.9 Å². The SMILES string of the molecule is C.C.C.C.C.C.C1=COc2ccccc2C1.CC.CC.CC.CC.CC.CC.c1ccc2c(c1)CCC2.c1ccc2c(c1)CCCC2.c1ccc2c(c1)CCCCC2.c1ccc2c(c1)CCCO2.c1ccc2c(c1)OCCO2. The normalized spacial score (nSPS) is 12.5. The van der Waals surface area contributed by atoms with Crippen LogP contribution in [0.2, 0.25) is 0 Å². The van der Waals surface area contributed by atoms with Crippen molar-refractivity contribution in [3.8, 4) is 23.0 Å². The average Bonchev–Trinajstić information content (AvgIpc) is 3.86. The maximum Gasteiger partial charge on any atom is 0.161 e. The molecule has 6 aromatic carbocycles. The Morgan fingerprint density at radius 3 is 0.872 bits per heavy atom. The molecule has 0 saturated carbocycles. The Labute approximate surface area is 485 Å². The Kier molecular flexibility index (Phi) is 61.5.